The van der Waals surface area contributed by atoms with E-state index in [0.717, 1.165) is 5.92 Å². The van der Waals surface area contributed by atoms with Crippen molar-refractivity contribution in [2.24, 2.45) is 5.92 Å². The van der Waals surface area contributed by atoms with Crippen molar-refractivity contribution in [3.63, 3.8) is 0 Å². The van der Waals surface area contributed by atoms with E-state index in [9.17, 15) is 5.11 Å². The Morgan fingerprint density at radius 2 is 2.12 bits per heavy atom. The molecule has 2 heteroatoms. The molecule has 1 aliphatic rings. The first-order valence-electron chi connectivity index (χ1n) is 7.16. The van der Waals surface area contributed by atoms with E-state index in [0.29, 0.717) is 12.6 Å². The van der Waals surface area contributed by atoms with Crippen LogP contribution >= 0.6 is 0 Å². The molecule has 2 atom stereocenters. The molecule has 0 spiro atoms. The van der Waals surface area contributed by atoms with Crippen LogP contribution in [-0.2, 0) is 0 Å². The maximum atomic E-state index is 9.38. The smallest absolute Gasteiger partial charge is 0.0586 e. The zero-order valence-electron chi connectivity index (χ0n) is 11.1. The number of unbranched alkanes of at least 4 members (excludes halogenated alkanes) is 1. The van der Waals surface area contributed by atoms with Crippen LogP contribution in [0.4, 0.5) is 0 Å². The van der Waals surface area contributed by atoms with Gasteiger partial charge in [-0.3, -0.25) is 4.90 Å². The lowest BCUT2D eigenvalue weighted by molar-refractivity contribution is 0.0735. The van der Waals surface area contributed by atoms with E-state index in [1.54, 1.807) is 0 Å². The monoisotopic (exact) mass is 227 g/mol. The van der Waals surface area contributed by atoms with Crippen molar-refractivity contribution in [1.82, 2.24) is 4.90 Å². The van der Waals surface area contributed by atoms with E-state index in [2.05, 4.69) is 18.7 Å². The molecule has 96 valence electrons. The molecule has 0 aromatic rings. The van der Waals surface area contributed by atoms with Crippen molar-refractivity contribution < 1.29 is 5.11 Å². The van der Waals surface area contributed by atoms with Crippen LogP contribution in [0.3, 0.4) is 0 Å². The molecule has 0 aromatic carbocycles. The maximum Gasteiger partial charge on any atom is 0.0586 e. The Kier molecular flexibility index (Phi) is 7.06. The summed E-state index contributed by atoms with van der Waals surface area (Å²) in [7, 11) is 0. The van der Waals surface area contributed by atoms with Crippen molar-refractivity contribution in [3.8, 4) is 0 Å². The van der Waals surface area contributed by atoms with Gasteiger partial charge in [-0.25, -0.2) is 0 Å². The van der Waals surface area contributed by atoms with Gasteiger partial charge in [0, 0.05) is 12.6 Å². The number of rotatable bonds is 7. The molecule has 1 heterocycles. The van der Waals surface area contributed by atoms with E-state index in [1.807, 2.05) is 0 Å². The minimum Gasteiger partial charge on any atom is -0.395 e. The molecule has 16 heavy (non-hydrogen) atoms. The van der Waals surface area contributed by atoms with E-state index in [1.165, 1.54) is 58.0 Å². The lowest BCUT2D eigenvalue weighted by Gasteiger charge is -2.36. The Bertz CT molecular complexity index is 172. The van der Waals surface area contributed by atoms with Gasteiger partial charge in [-0.2, -0.15) is 0 Å². The first-order chi connectivity index (χ1) is 7.81. The van der Waals surface area contributed by atoms with Crippen LogP contribution in [0, 0.1) is 5.92 Å². The predicted octanol–water partition coefficient (Wildman–Crippen LogP) is 3.05. The molecule has 1 aliphatic heterocycles. The molecular weight excluding hydrogens is 198 g/mol. The number of piperidine rings is 1. The van der Waals surface area contributed by atoms with Gasteiger partial charge in [0.25, 0.3) is 0 Å². The maximum absolute atomic E-state index is 9.38. The molecule has 1 saturated heterocycles. The molecular formula is C14H29NO. The van der Waals surface area contributed by atoms with Crippen LogP contribution in [0.25, 0.3) is 0 Å². The van der Waals surface area contributed by atoms with Crippen molar-refractivity contribution in [2.75, 3.05) is 19.7 Å². The topological polar surface area (TPSA) is 23.5 Å². The van der Waals surface area contributed by atoms with Gasteiger partial charge < -0.3 is 5.11 Å². The van der Waals surface area contributed by atoms with Crippen LogP contribution in [0.1, 0.15) is 58.8 Å². The van der Waals surface area contributed by atoms with Crippen LogP contribution in [0.15, 0.2) is 0 Å². The number of aliphatic hydroxyl groups is 1. The fourth-order valence-corrected chi connectivity index (χ4v) is 2.76. The summed E-state index contributed by atoms with van der Waals surface area (Å²) < 4.78 is 0. The van der Waals surface area contributed by atoms with Crippen molar-refractivity contribution >= 4 is 0 Å². The Hall–Kier alpha value is -0.0800. The molecule has 1 N–H and O–H groups in total. The van der Waals surface area contributed by atoms with Gasteiger partial charge in [-0.1, -0.05) is 39.5 Å². The van der Waals surface area contributed by atoms with Gasteiger partial charge in [-0.15, -0.1) is 0 Å². The highest BCUT2D eigenvalue weighted by molar-refractivity contribution is 4.78. The second kappa shape index (κ2) is 8.08. The summed E-state index contributed by atoms with van der Waals surface area (Å²) in [6.45, 7) is 7.34. The first kappa shape index (κ1) is 14.0. The molecule has 0 amide bonds. The van der Waals surface area contributed by atoms with E-state index >= 15 is 0 Å². The minimum atomic E-state index is 0.351. The SMILES string of the molecule is CCCCC(CC)CN1CCCCC1CO. The zero-order chi connectivity index (χ0) is 11.8. The zero-order valence-corrected chi connectivity index (χ0v) is 11.1. The van der Waals surface area contributed by atoms with E-state index in [-0.39, 0.29) is 0 Å². The average molecular weight is 227 g/mol. The van der Waals surface area contributed by atoms with Crippen molar-refractivity contribution in [1.29, 1.82) is 0 Å². The highest BCUT2D eigenvalue weighted by Gasteiger charge is 2.23. The summed E-state index contributed by atoms with van der Waals surface area (Å²) in [5.41, 5.74) is 0. The number of nitrogens with zero attached hydrogens (tertiary/aromatic N) is 1. The quantitative estimate of drug-likeness (QED) is 0.722. The standard InChI is InChI=1S/C14H29NO/c1-3-5-8-13(4-2)11-15-10-7-6-9-14(15)12-16/h13-14,16H,3-12H2,1-2H3. The van der Waals surface area contributed by atoms with Gasteiger partial charge in [0.1, 0.15) is 0 Å². The van der Waals surface area contributed by atoms with Gasteiger partial charge in [-0.05, 0) is 31.7 Å². The average Bonchev–Trinajstić information content (AvgIpc) is 2.34. The van der Waals surface area contributed by atoms with E-state index in [4.69, 9.17) is 0 Å². The molecule has 2 unspecified atom stereocenters. The molecule has 1 fully saturated rings. The van der Waals surface area contributed by atoms with Crippen LogP contribution in [-0.4, -0.2) is 35.7 Å². The van der Waals surface area contributed by atoms with Gasteiger partial charge in [0.15, 0.2) is 0 Å². The molecule has 0 radical (unpaired) electrons. The summed E-state index contributed by atoms with van der Waals surface area (Å²) in [6, 6.07) is 0.449. The predicted molar refractivity (Wildman–Crippen MR) is 69.6 cm³/mol. The second-order valence-corrected chi connectivity index (χ2v) is 5.24. The Balaban J connectivity index is 2.35. The molecule has 0 bridgehead atoms. The Labute approximate surface area is 101 Å². The fourth-order valence-electron chi connectivity index (χ4n) is 2.76. The lowest BCUT2D eigenvalue weighted by atomic mass is 9.95. The van der Waals surface area contributed by atoms with E-state index < -0.39 is 0 Å². The summed E-state index contributed by atoms with van der Waals surface area (Å²) in [4.78, 5) is 2.54. The summed E-state index contributed by atoms with van der Waals surface area (Å²) in [5, 5.41) is 9.38. The highest BCUT2D eigenvalue weighted by atomic mass is 16.3. The Morgan fingerprint density at radius 3 is 2.75 bits per heavy atom. The molecule has 0 aromatic heterocycles. The summed E-state index contributed by atoms with van der Waals surface area (Å²) in [5.74, 6) is 0.840. The number of aliphatic hydroxyl groups excluding tert-OH is 1. The van der Waals surface area contributed by atoms with Gasteiger partial charge in [0.05, 0.1) is 6.61 Å². The first-order valence-corrected chi connectivity index (χ1v) is 7.16. The molecule has 2 nitrogen and oxygen atoms in total. The molecule has 1 rings (SSSR count). The molecule has 0 aliphatic carbocycles. The fraction of sp³-hybridized carbons (Fsp3) is 1.00. The van der Waals surface area contributed by atoms with Crippen LogP contribution in [0.2, 0.25) is 0 Å². The summed E-state index contributed by atoms with van der Waals surface area (Å²) >= 11 is 0. The van der Waals surface area contributed by atoms with Crippen LogP contribution in [0.5, 0.6) is 0 Å². The largest absolute Gasteiger partial charge is 0.395 e. The van der Waals surface area contributed by atoms with Crippen LogP contribution < -0.4 is 0 Å². The second-order valence-electron chi connectivity index (χ2n) is 5.24. The number of hydrogen-bond acceptors (Lipinski definition) is 2. The third kappa shape index (κ3) is 4.42. The summed E-state index contributed by atoms with van der Waals surface area (Å²) in [6.07, 6.45) is 9.13. The van der Waals surface area contributed by atoms with Gasteiger partial charge in [0.2, 0.25) is 0 Å². The number of hydrogen-bond donors (Lipinski definition) is 1. The molecule has 0 saturated carbocycles. The van der Waals surface area contributed by atoms with Crippen molar-refractivity contribution in [2.45, 2.75) is 64.8 Å². The third-order valence-corrected chi connectivity index (χ3v) is 4.00. The lowest BCUT2D eigenvalue weighted by Crippen LogP contribution is -2.44. The van der Waals surface area contributed by atoms with Crippen molar-refractivity contribution in [3.05, 3.63) is 0 Å². The Morgan fingerprint density at radius 1 is 1.31 bits per heavy atom. The van der Waals surface area contributed by atoms with Gasteiger partial charge >= 0.3 is 0 Å². The minimum absolute atomic E-state index is 0.351. The third-order valence-electron chi connectivity index (χ3n) is 4.00. The number of likely N-dealkylation sites (tertiary alicyclic amines) is 1. The normalized spacial score (nSPS) is 24.6. The highest BCUT2D eigenvalue weighted by Crippen LogP contribution is 2.21.